The molecular weight excluding hydrogens is 344 g/mol. The van der Waals surface area contributed by atoms with Crippen LogP contribution in [0.5, 0.6) is 0 Å². The minimum absolute atomic E-state index is 0.271. The molecule has 1 aliphatic rings. The molecule has 6 nitrogen and oxygen atoms in total. The van der Waals surface area contributed by atoms with E-state index in [1.807, 2.05) is 18.2 Å². The van der Waals surface area contributed by atoms with E-state index in [2.05, 4.69) is 0 Å². The predicted octanol–water partition coefficient (Wildman–Crippen LogP) is 3.80. The molecule has 0 spiro atoms. The number of ether oxygens (including phenoxy) is 1. The number of amides is 2. The number of rotatable bonds is 3. The van der Waals surface area contributed by atoms with E-state index >= 15 is 0 Å². The van der Waals surface area contributed by atoms with E-state index in [1.165, 1.54) is 19.1 Å². The van der Waals surface area contributed by atoms with Gasteiger partial charge in [0, 0.05) is 12.1 Å². The van der Waals surface area contributed by atoms with E-state index in [9.17, 15) is 9.59 Å². The van der Waals surface area contributed by atoms with Gasteiger partial charge in [-0.3, -0.25) is 14.5 Å². The van der Waals surface area contributed by atoms with Crippen LogP contribution in [0.4, 0.5) is 4.79 Å². The molecule has 25 heavy (non-hydrogen) atoms. The summed E-state index contributed by atoms with van der Waals surface area (Å²) in [5, 5.41) is 1.73. The molecule has 0 bridgehead atoms. The van der Waals surface area contributed by atoms with Crippen molar-refractivity contribution in [3.8, 4) is 0 Å². The largest absolute Gasteiger partial charge is 0.444 e. The Balaban J connectivity index is 2.36. The summed E-state index contributed by atoms with van der Waals surface area (Å²) in [7, 11) is 2.95. The summed E-state index contributed by atoms with van der Waals surface area (Å²) in [5.74, 6) is -0.280. The van der Waals surface area contributed by atoms with Crippen LogP contribution in [-0.4, -0.2) is 47.8 Å². The zero-order valence-electron chi connectivity index (χ0n) is 15.3. The molecule has 1 saturated heterocycles. The summed E-state index contributed by atoms with van der Waals surface area (Å²) >= 11 is 6.10. The molecule has 2 rings (SSSR count). The van der Waals surface area contributed by atoms with E-state index in [1.54, 1.807) is 26.8 Å². The Morgan fingerprint density at radius 2 is 1.96 bits per heavy atom. The first kappa shape index (κ1) is 19.5. The van der Waals surface area contributed by atoms with Gasteiger partial charge in [0.15, 0.2) is 0 Å². The number of halogens is 1. The molecule has 1 heterocycles. The highest BCUT2D eigenvalue weighted by Crippen LogP contribution is 2.38. The van der Waals surface area contributed by atoms with Gasteiger partial charge in [-0.15, -0.1) is 0 Å². The molecule has 0 aromatic heterocycles. The Bertz CT molecular complexity index is 644. The van der Waals surface area contributed by atoms with Crippen molar-refractivity contribution in [1.82, 2.24) is 9.96 Å². The first-order valence-electron chi connectivity index (χ1n) is 8.22. The third-order valence-corrected chi connectivity index (χ3v) is 4.33. The van der Waals surface area contributed by atoms with Crippen LogP contribution in [0.25, 0.3) is 0 Å². The molecule has 0 saturated carbocycles. The fourth-order valence-corrected chi connectivity index (χ4v) is 3.16. The van der Waals surface area contributed by atoms with Gasteiger partial charge in [-0.1, -0.05) is 23.7 Å². The molecule has 1 aromatic carbocycles. The highest BCUT2D eigenvalue weighted by molar-refractivity contribution is 6.30. The lowest BCUT2D eigenvalue weighted by atomic mass is 10.0. The number of hydrogen-bond donors (Lipinski definition) is 0. The molecule has 2 amide bonds. The minimum Gasteiger partial charge on any atom is -0.444 e. The maximum atomic E-state index is 12.8. The Kier molecular flexibility index (Phi) is 5.95. The van der Waals surface area contributed by atoms with Gasteiger partial charge in [-0.2, -0.15) is 0 Å². The van der Waals surface area contributed by atoms with Crippen LogP contribution >= 0.6 is 11.6 Å². The third-order valence-electron chi connectivity index (χ3n) is 4.09. The monoisotopic (exact) mass is 368 g/mol. The van der Waals surface area contributed by atoms with Crippen molar-refractivity contribution in [3.05, 3.63) is 34.9 Å². The molecule has 0 unspecified atom stereocenters. The Hall–Kier alpha value is -1.79. The van der Waals surface area contributed by atoms with Gasteiger partial charge in [0.25, 0.3) is 5.91 Å². The van der Waals surface area contributed by atoms with E-state index in [0.717, 1.165) is 10.6 Å². The van der Waals surface area contributed by atoms with Crippen LogP contribution in [0.3, 0.4) is 0 Å². The summed E-state index contributed by atoms with van der Waals surface area (Å²) in [6.07, 6.45) is 0.661. The van der Waals surface area contributed by atoms with Crippen LogP contribution in [0.1, 0.15) is 45.2 Å². The van der Waals surface area contributed by atoms with Gasteiger partial charge in [0.1, 0.15) is 11.6 Å². The van der Waals surface area contributed by atoms with E-state index < -0.39 is 17.7 Å². The number of nitrogens with zero attached hydrogens (tertiary/aromatic N) is 2. The van der Waals surface area contributed by atoms with Crippen molar-refractivity contribution in [1.29, 1.82) is 0 Å². The fourth-order valence-electron chi connectivity index (χ4n) is 2.96. The first-order valence-corrected chi connectivity index (χ1v) is 8.60. The predicted molar refractivity (Wildman–Crippen MR) is 95.1 cm³/mol. The molecule has 1 aromatic rings. The lowest BCUT2D eigenvalue weighted by Crippen LogP contribution is -2.48. The van der Waals surface area contributed by atoms with Gasteiger partial charge in [-0.25, -0.2) is 9.86 Å². The number of likely N-dealkylation sites (tertiary alicyclic amines) is 1. The van der Waals surface area contributed by atoms with E-state index in [4.69, 9.17) is 21.2 Å². The molecule has 1 aliphatic heterocycles. The second-order valence-corrected chi connectivity index (χ2v) is 7.51. The lowest BCUT2D eigenvalue weighted by Gasteiger charge is -2.33. The van der Waals surface area contributed by atoms with Gasteiger partial charge in [0.2, 0.25) is 0 Å². The average Bonchev–Trinajstić information content (AvgIpc) is 2.96. The van der Waals surface area contributed by atoms with Crippen molar-refractivity contribution in [2.75, 3.05) is 14.2 Å². The number of hydrogen-bond acceptors (Lipinski definition) is 4. The second-order valence-electron chi connectivity index (χ2n) is 7.07. The van der Waals surface area contributed by atoms with Crippen molar-refractivity contribution in [2.24, 2.45) is 0 Å². The van der Waals surface area contributed by atoms with Crippen LogP contribution in [0.2, 0.25) is 5.02 Å². The normalized spacial score (nSPS) is 20.5. The molecule has 7 heteroatoms. The maximum Gasteiger partial charge on any atom is 0.411 e. The second kappa shape index (κ2) is 7.62. The van der Waals surface area contributed by atoms with Crippen molar-refractivity contribution in [3.63, 3.8) is 0 Å². The van der Waals surface area contributed by atoms with Gasteiger partial charge in [0.05, 0.1) is 13.2 Å². The summed E-state index contributed by atoms with van der Waals surface area (Å²) < 4.78 is 5.54. The highest BCUT2D eigenvalue weighted by atomic mass is 35.5. The fraction of sp³-hybridized carbons (Fsp3) is 0.556. The number of likely N-dealkylation sites (N-methyl/N-ethyl adjacent to an activating group) is 1. The molecule has 0 N–H and O–H groups in total. The average molecular weight is 369 g/mol. The summed E-state index contributed by atoms with van der Waals surface area (Å²) in [5.41, 5.74) is 0.230. The first-order chi connectivity index (χ1) is 11.6. The topological polar surface area (TPSA) is 59.1 Å². The van der Waals surface area contributed by atoms with Crippen molar-refractivity contribution in [2.45, 2.75) is 51.3 Å². The van der Waals surface area contributed by atoms with E-state index in [-0.39, 0.29) is 11.9 Å². The Morgan fingerprint density at radius 3 is 2.52 bits per heavy atom. The highest BCUT2D eigenvalue weighted by Gasteiger charge is 2.44. The van der Waals surface area contributed by atoms with E-state index in [0.29, 0.717) is 17.9 Å². The molecule has 1 fully saturated rings. The number of hydroxylamine groups is 2. The summed E-state index contributed by atoms with van der Waals surface area (Å²) in [6.45, 7) is 5.40. The van der Waals surface area contributed by atoms with Crippen LogP contribution in [0.15, 0.2) is 24.3 Å². The van der Waals surface area contributed by atoms with Crippen molar-refractivity contribution >= 4 is 23.6 Å². The Labute approximate surface area is 153 Å². The van der Waals surface area contributed by atoms with Gasteiger partial charge < -0.3 is 4.74 Å². The van der Waals surface area contributed by atoms with Crippen molar-refractivity contribution < 1.29 is 19.2 Å². The lowest BCUT2D eigenvalue weighted by molar-refractivity contribution is -0.173. The third kappa shape index (κ3) is 4.64. The number of benzene rings is 1. The SMILES string of the molecule is CON(C)C(=O)[C@H]1CC[C@@H](c2cccc(Cl)c2)N1C(=O)OC(C)(C)C. The van der Waals surface area contributed by atoms with Crippen LogP contribution < -0.4 is 0 Å². The Morgan fingerprint density at radius 1 is 1.28 bits per heavy atom. The quantitative estimate of drug-likeness (QED) is 0.761. The molecular formula is C18H25ClN2O4. The zero-order chi connectivity index (χ0) is 18.8. The smallest absolute Gasteiger partial charge is 0.411 e. The minimum atomic E-state index is -0.653. The van der Waals surface area contributed by atoms with Gasteiger partial charge in [-0.05, 0) is 51.3 Å². The molecule has 2 atom stereocenters. The maximum absolute atomic E-state index is 12.8. The number of carbonyl (C=O) groups excluding carboxylic acids is 2. The molecule has 0 radical (unpaired) electrons. The van der Waals surface area contributed by atoms with Gasteiger partial charge >= 0.3 is 6.09 Å². The number of carbonyl (C=O) groups is 2. The standard InChI is InChI=1S/C18H25ClN2O4/c1-18(2,3)25-17(23)21-14(12-7-6-8-13(19)11-12)9-10-15(21)16(22)20(4)24-5/h6-8,11,14-15H,9-10H2,1-5H3/t14-,15+/m0/s1. The van der Waals surface area contributed by atoms with Crippen LogP contribution in [0, 0.1) is 0 Å². The summed E-state index contributed by atoms with van der Waals surface area (Å²) in [6, 6.07) is 6.43. The molecule has 0 aliphatic carbocycles. The van der Waals surface area contributed by atoms with Crippen LogP contribution in [-0.2, 0) is 14.4 Å². The molecule has 138 valence electrons. The zero-order valence-corrected chi connectivity index (χ0v) is 16.0. The summed E-state index contributed by atoms with van der Waals surface area (Å²) in [4.78, 5) is 31.9.